The van der Waals surface area contributed by atoms with E-state index in [0.29, 0.717) is 0 Å². The van der Waals surface area contributed by atoms with E-state index in [0.717, 1.165) is 22.8 Å². The van der Waals surface area contributed by atoms with Crippen LogP contribution >= 0.6 is 11.6 Å². The molecule has 0 bridgehead atoms. The monoisotopic (exact) mass is 151 g/mol. The summed E-state index contributed by atoms with van der Waals surface area (Å²) >= 11 is 5.88. The molecule has 0 saturated heterocycles. The number of hydrogen-bond acceptors (Lipinski definition) is 1. The van der Waals surface area contributed by atoms with Gasteiger partial charge in [-0.3, -0.25) is 4.99 Å². The van der Waals surface area contributed by atoms with Crippen molar-refractivity contribution in [2.75, 3.05) is 6.54 Å². The van der Waals surface area contributed by atoms with Crippen LogP contribution < -0.4 is 0 Å². The second-order valence-corrected chi connectivity index (χ2v) is 2.65. The molecule has 2 rings (SSSR count). The largest absolute Gasteiger partial charge is 0.281 e. The predicted molar refractivity (Wildman–Crippen MR) is 42.9 cm³/mol. The van der Waals surface area contributed by atoms with Crippen LogP contribution in [0.5, 0.6) is 0 Å². The summed E-state index contributed by atoms with van der Waals surface area (Å²) in [6, 6.07) is 7.78. The maximum Gasteiger partial charge on any atom is 0.0818 e. The Morgan fingerprint density at radius 1 is 1.30 bits per heavy atom. The molecule has 0 fully saturated rings. The molecule has 1 heterocycles. The summed E-state index contributed by atoms with van der Waals surface area (Å²) in [4.78, 5) is 4.07. The molecule has 1 aromatic rings. The van der Waals surface area contributed by atoms with Crippen molar-refractivity contribution in [1.82, 2.24) is 0 Å². The highest BCUT2D eigenvalue weighted by atomic mass is 35.5. The lowest BCUT2D eigenvalue weighted by Crippen LogP contribution is -1.86. The summed E-state index contributed by atoms with van der Waals surface area (Å²) < 4.78 is 0. The lowest BCUT2D eigenvalue weighted by atomic mass is 10.2. The summed E-state index contributed by atoms with van der Waals surface area (Å²) in [6.07, 6.45) is 0. The number of aliphatic imine (C=N–C) groups is 1. The SMILES string of the molecule is Clc1ccccc1C1=NC1. The molecule has 0 amide bonds. The van der Waals surface area contributed by atoms with E-state index in [-0.39, 0.29) is 0 Å². The fourth-order valence-corrected chi connectivity index (χ4v) is 1.15. The molecule has 0 radical (unpaired) electrons. The molecule has 1 aromatic carbocycles. The van der Waals surface area contributed by atoms with Crippen LogP contribution in [0.3, 0.4) is 0 Å². The van der Waals surface area contributed by atoms with Crippen molar-refractivity contribution in [3.05, 3.63) is 34.9 Å². The molecule has 0 spiro atoms. The Morgan fingerprint density at radius 3 is 2.60 bits per heavy atom. The van der Waals surface area contributed by atoms with Gasteiger partial charge in [0.1, 0.15) is 0 Å². The van der Waals surface area contributed by atoms with Crippen molar-refractivity contribution in [1.29, 1.82) is 0 Å². The van der Waals surface area contributed by atoms with Gasteiger partial charge in [-0.2, -0.15) is 0 Å². The van der Waals surface area contributed by atoms with Crippen LogP contribution in [0.2, 0.25) is 5.02 Å². The zero-order chi connectivity index (χ0) is 6.97. The Labute approximate surface area is 64.4 Å². The van der Waals surface area contributed by atoms with Gasteiger partial charge in [-0.05, 0) is 6.07 Å². The Hall–Kier alpha value is -0.820. The van der Waals surface area contributed by atoms with E-state index >= 15 is 0 Å². The van der Waals surface area contributed by atoms with E-state index in [9.17, 15) is 0 Å². The number of benzene rings is 1. The average molecular weight is 152 g/mol. The topological polar surface area (TPSA) is 12.4 Å². The number of nitrogens with zero attached hydrogens (tertiary/aromatic N) is 1. The normalized spacial score (nSPS) is 14.7. The molecule has 10 heavy (non-hydrogen) atoms. The van der Waals surface area contributed by atoms with Crippen molar-refractivity contribution < 1.29 is 0 Å². The zero-order valence-corrected chi connectivity index (χ0v) is 6.10. The molecule has 50 valence electrons. The van der Waals surface area contributed by atoms with Gasteiger partial charge in [-0.1, -0.05) is 29.8 Å². The predicted octanol–water partition coefficient (Wildman–Crippen LogP) is 2.14. The Kier molecular flexibility index (Phi) is 1.24. The fourth-order valence-electron chi connectivity index (χ4n) is 0.905. The van der Waals surface area contributed by atoms with Gasteiger partial charge >= 0.3 is 0 Å². The van der Waals surface area contributed by atoms with Gasteiger partial charge in [0.15, 0.2) is 0 Å². The van der Waals surface area contributed by atoms with Crippen LogP contribution in [-0.2, 0) is 0 Å². The van der Waals surface area contributed by atoms with Gasteiger partial charge < -0.3 is 0 Å². The highest BCUT2D eigenvalue weighted by Gasteiger charge is 2.14. The molecule has 1 aliphatic rings. The maximum atomic E-state index is 5.88. The summed E-state index contributed by atoms with van der Waals surface area (Å²) in [5.74, 6) is 0. The van der Waals surface area contributed by atoms with Crippen molar-refractivity contribution in [3.63, 3.8) is 0 Å². The molecule has 1 aliphatic heterocycles. The first-order valence-electron chi connectivity index (χ1n) is 3.16. The lowest BCUT2D eigenvalue weighted by molar-refractivity contribution is 1.57. The van der Waals surface area contributed by atoms with Crippen LogP contribution in [-0.4, -0.2) is 12.3 Å². The molecule has 0 aliphatic carbocycles. The van der Waals surface area contributed by atoms with Gasteiger partial charge in [0.05, 0.1) is 12.3 Å². The third-order valence-corrected chi connectivity index (χ3v) is 1.83. The van der Waals surface area contributed by atoms with E-state index < -0.39 is 0 Å². The minimum absolute atomic E-state index is 0.804. The van der Waals surface area contributed by atoms with Crippen LogP contribution in [0, 0.1) is 0 Å². The van der Waals surface area contributed by atoms with Crippen molar-refractivity contribution in [3.8, 4) is 0 Å². The van der Waals surface area contributed by atoms with E-state index in [1.165, 1.54) is 0 Å². The zero-order valence-electron chi connectivity index (χ0n) is 5.34. The first-order valence-corrected chi connectivity index (χ1v) is 3.54. The minimum Gasteiger partial charge on any atom is -0.281 e. The van der Waals surface area contributed by atoms with Crippen molar-refractivity contribution in [2.45, 2.75) is 0 Å². The van der Waals surface area contributed by atoms with Crippen LogP contribution in [0.4, 0.5) is 0 Å². The number of halogens is 1. The molecule has 1 nitrogen and oxygen atoms in total. The first kappa shape index (κ1) is 5.93. The maximum absolute atomic E-state index is 5.88. The minimum atomic E-state index is 0.804. The molecule has 0 saturated carbocycles. The highest BCUT2D eigenvalue weighted by molar-refractivity contribution is 6.35. The summed E-state index contributed by atoms with van der Waals surface area (Å²) in [6.45, 7) is 0.865. The standard InChI is InChI=1S/C8H6ClN/c9-7-4-2-1-3-6(7)8-5-10-8/h1-4H,5H2. The van der Waals surface area contributed by atoms with E-state index in [2.05, 4.69) is 4.99 Å². The molecule has 0 atom stereocenters. The van der Waals surface area contributed by atoms with Gasteiger partial charge in [0, 0.05) is 10.6 Å². The van der Waals surface area contributed by atoms with E-state index in [1.54, 1.807) is 0 Å². The fraction of sp³-hybridized carbons (Fsp3) is 0.125. The van der Waals surface area contributed by atoms with E-state index in [4.69, 9.17) is 11.6 Å². The van der Waals surface area contributed by atoms with Gasteiger partial charge in [0.25, 0.3) is 0 Å². The Bertz CT molecular complexity index is 291. The van der Waals surface area contributed by atoms with Crippen molar-refractivity contribution in [2.24, 2.45) is 4.99 Å². The van der Waals surface area contributed by atoms with Crippen molar-refractivity contribution >= 4 is 17.3 Å². The Balaban J connectivity index is 2.49. The number of hydrogen-bond donors (Lipinski definition) is 0. The van der Waals surface area contributed by atoms with Crippen LogP contribution in [0.25, 0.3) is 0 Å². The van der Waals surface area contributed by atoms with Gasteiger partial charge in [-0.15, -0.1) is 0 Å². The summed E-state index contributed by atoms with van der Waals surface area (Å²) in [5.41, 5.74) is 2.22. The van der Waals surface area contributed by atoms with Gasteiger partial charge in [-0.25, -0.2) is 0 Å². The van der Waals surface area contributed by atoms with Crippen LogP contribution in [0.15, 0.2) is 29.3 Å². The Morgan fingerprint density at radius 2 is 2.00 bits per heavy atom. The average Bonchev–Trinajstić information content (AvgIpc) is 2.71. The third-order valence-electron chi connectivity index (χ3n) is 1.50. The number of rotatable bonds is 1. The van der Waals surface area contributed by atoms with Gasteiger partial charge in [0.2, 0.25) is 0 Å². The molecule has 0 aromatic heterocycles. The third kappa shape index (κ3) is 0.929. The van der Waals surface area contributed by atoms with Crippen LogP contribution in [0.1, 0.15) is 5.56 Å². The molecular formula is C8H6ClN. The second-order valence-electron chi connectivity index (χ2n) is 2.24. The quantitative estimate of drug-likeness (QED) is 0.583. The highest BCUT2D eigenvalue weighted by Crippen LogP contribution is 2.20. The lowest BCUT2D eigenvalue weighted by Gasteiger charge is -1.93. The smallest absolute Gasteiger partial charge is 0.0818 e. The van der Waals surface area contributed by atoms with E-state index in [1.807, 2.05) is 24.3 Å². The summed E-state index contributed by atoms with van der Waals surface area (Å²) in [7, 11) is 0. The first-order chi connectivity index (χ1) is 4.88. The summed E-state index contributed by atoms with van der Waals surface area (Å²) in [5, 5.41) is 0.804. The molecule has 0 N–H and O–H groups in total. The molecule has 2 heteroatoms. The molecule has 0 unspecified atom stereocenters. The molecular weight excluding hydrogens is 146 g/mol. The second kappa shape index (κ2) is 2.10.